The number of carbonyl (C=O) groups excluding carboxylic acids is 1. The minimum absolute atomic E-state index is 0.0660. The molecule has 2 aromatic heterocycles. The molecule has 0 aliphatic carbocycles. The van der Waals surface area contributed by atoms with Gasteiger partial charge in [0, 0.05) is 49.5 Å². The lowest BCUT2D eigenvalue weighted by Gasteiger charge is -2.44. The van der Waals surface area contributed by atoms with Gasteiger partial charge < -0.3 is 14.1 Å². The number of amides is 1. The van der Waals surface area contributed by atoms with Crippen LogP contribution in [0.15, 0.2) is 65.2 Å². The summed E-state index contributed by atoms with van der Waals surface area (Å²) in [6.07, 6.45) is 3.35. The number of aryl methyl sites for hydroxylation is 1. The smallest absolute Gasteiger partial charge is 0.289 e. The lowest BCUT2D eigenvalue weighted by atomic mass is 9.81. The number of ether oxygens (including phenoxy) is 1. The molecule has 6 heteroatoms. The summed E-state index contributed by atoms with van der Waals surface area (Å²) in [6.45, 7) is 1.21. The predicted molar refractivity (Wildman–Crippen MR) is 112 cm³/mol. The van der Waals surface area contributed by atoms with Gasteiger partial charge in [0.1, 0.15) is 16.9 Å². The maximum absolute atomic E-state index is 13.1. The molecule has 1 spiro atoms. The Morgan fingerprint density at radius 1 is 1.07 bits per heavy atom. The Bertz CT molecular complexity index is 1240. The van der Waals surface area contributed by atoms with Crippen LogP contribution in [0.4, 0.5) is 0 Å². The first-order chi connectivity index (χ1) is 14.6. The third-order valence-corrected chi connectivity index (χ3v) is 6.37. The van der Waals surface area contributed by atoms with Crippen molar-refractivity contribution < 1.29 is 13.9 Å². The fourth-order valence-electron chi connectivity index (χ4n) is 4.79. The van der Waals surface area contributed by atoms with Crippen LogP contribution in [0.25, 0.3) is 22.2 Å². The highest BCUT2D eigenvalue weighted by Gasteiger charge is 2.46. The predicted octanol–water partition coefficient (Wildman–Crippen LogP) is 4.36. The van der Waals surface area contributed by atoms with Crippen LogP contribution in [0, 0.1) is 0 Å². The van der Waals surface area contributed by atoms with E-state index in [2.05, 4.69) is 11.2 Å². The van der Waals surface area contributed by atoms with E-state index in [0.29, 0.717) is 31.7 Å². The van der Waals surface area contributed by atoms with Crippen LogP contribution in [0.2, 0.25) is 0 Å². The quantitative estimate of drug-likeness (QED) is 0.477. The van der Waals surface area contributed by atoms with E-state index in [1.165, 1.54) is 0 Å². The van der Waals surface area contributed by atoms with Gasteiger partial charge in [-0.05, 0) is 24.3 Å². The van der Waals surface area contributed by atoms with Gasteiger partial charge in [0.25, 0.3) is 5.91 Å². The number of nitrogens with zero attached hydrogens (tertiary/aromatic N) is 3. The molecule has 0 radical (unpaired) electrons. The molecule has 1 amide bonds. The molecule has 1 fully saturated rings. The van der Waals surface area contributed by atoms with Crippen molar-refractivity contribution in [3.63, 3.8) is 0 Å². The zero-order valence-corrected chi connectivity index (χ0v) is 16.7. The molecule has 0 unspecified atom stereocenters. The van der Waals surface area contributed by atoms with Gasteiger partial charge in [-0.15, -0.1) is 0 Å². The van der Waals surface area contributed by atoms with E-state index in [9.17, 15) is 4.79 Å². The zero-order chi connectivity index (χ0) is 20.3. The van der Waals surface area contributed by atoms with Crippen molar-refractivity contribution >= 4 is 16.9 Å². The highest BCUT2D eigenvalue weighted by molar-refractivity contribution is 5.96. The number of hydrogen-bond acceptors (Lipinski definition) is 4. The van der Waals surface area contributed by atoms with Crippen molar-refractivity contribution in [2.75, 3.05) is 13.1 Å². The van der Waals surface area contributed by atoms with Gasteiger partial charge >= 0.3 is 0 Å². The van der Waals surface area contributed by atoms with Gasteiger partial charge in [-0.3, -0.25) is 9.48 Å². The second-order valence-electron chi connectivity index (χ2n) is 8.06. The lowest BCUT2D eigenvalue weighted by molar-refractivity contribution is -0.00254. The number of benzene rings is 2. The van der Waals surface area contributed by atoms with Crippen molar-refractivity contribution in [1.29, 1.82) is 0 Å². The third kappa shape index (κ3) is 2.43. The largest absolute Gasteiger partial charge is 0.482 e. The molecule has 30 heavy (non-hydrogen) atoms. The van der Waals surface area contributed by atoms with Crippen molar-refractivity contribution in [1.82, 2.24) is 14.7 Å². The van der Waals surface area contributed by atoms with Crippen molar-refractivity contribution in [2.45, 2.75) is 18.4 Å². The molecule has 2 aromatic carbocycles. The van der Waals surface area contributed by atoms with Crippen LogP contribution >= 0.6 is 0 Å². The SMILES string of the molecule is Cn1ncc2c1-c1ccccc1OC21CCN(C(=O)c2cc3ccccc3o2)CC1. The molecule has 150 valence electrons. The van der Waals surface area contributed by atoms with Gasteiger partial charge in [0.2, 0.25) is 0 Å². The molecule has 0 saturated carbocycles. The highest BCUT2D eigenvalue weighted by atomic mass is 16.5. The van der Waals surface area contributed by atoms with Crippen LogP contribution in [0.3, 0.4) is 0 Å². The molecule has 2 aliphatic heterocycles. The molecule has 0 bridgehead atoms. The number of fused-ring (bicyclic) bond motifs is 5. The molecule has 4 aromatic rings. The molecule has 2 aliphatic rings. The number of aromatic nitrogens is 2. The Labute approximate surface area is 173 Å². The van der Waals surface area contributed by atoms with E-state index in [-0.39, 0.29) is 5.91 Å². The molecule has 6 rings (SSSR count). The fraction of sp³-hybridized carbons (Fsp3) is 0.250. The minimum atomic E-state index is -0.456. The van der Waals surface area contributed by atoms with E-state index in [0.717, 1.165) is 33.5 Å². The molecular weight excluding hydrogens is 378 g/mol. The van der Waals surface area contributed by atoms with E-state index in [1.807, 2.05) is 71.4 Å². The van der Waals surface area contributed by atoms with Gasteiger partial charge in [-0.2, -0.15) is 5.10 Å². The van der Waals surface area contributed by atoms with E-state index >= 15 is 0 Å². The number of carbonyl (C=O) groups is 1. The summed E-state index contributed by atoms with van der Waals surface area (Å²) in [6, 6.07) is 17.6. The molecule has 6 nitrogen and oxygen atoms in total. The topological polar surface area (TPSA) is 60.5 Å². The first-order valence-corrected chi connectivity index (χ1v) is 10.2. The third-order valence-electron chi connectivity index (χ3n) is 6.37. The monoisotopic (exact) mass is 399 g/mol. The highest BCUT2D eigenvalue weighted by Crippen LogP contribution is 2.49. The number of likely N-dealkylation sites (tertiary alicyclic amines) is 1. The minimum Gasteiger partial charge on any atom is -0.482 e. The summed E-state index contributed by atoms with van der Waals surface area (Å²) in [7, 11) is 1.97. The van der Waals surface area contributed by atoms with Crippen molar-refractivity contribution in [2.24, 2.45) is 7.05 Å². The van der Waals surface area contributed by atoms with Crippen LogP contribution in [0.5, 0.6) is 5.75 Å². The fourth-order valence-corrected chi connectivity index (χ4v) is 4.79. The molecule has 0 atom stereocenters. The molecule has 1 saturated heterocycles. The average molecular weight is 399 g/mol. The van der Waals surface area contributed by atoms with Gasteiger partial charge in [-0.1, -0.05) is 30.3 Å². The lowest BCUT2D eigenvalue weighted by Crippen LogP contribution is -2.49. The molecular formula is C24H21N3O3. The number of rotatable bonds is 1. The number of furan rings is 1. The summed E-state index contributed by atoms with van der Waals surface area (Å²) in [4.78, 5) is 14.9. The Kier molecular flexibility index (Phi) is 3.60. The number of piperidine rings is 1. The van der Waals surface area contributed by atoms with Gasteiger partial charge in [-0.25, -0.2) is 0 Å². The average Bonchev–Trinajstić information content (AvgIpc) is 3.38. The summed E-state index contributed by atoms with van der Waals surface area (Å²) >= 11 is 0. The maximum atomic E-state index is 13.1. The Balaban J connectivity index is 1.29. The summed E-state index contributed by atoms with van der Waals surface area (Å²) in [5.74, 6) is 1.21. The summed E-state index contributed by atoms with van der Waals surface area (Å²) in [5.41, 5.74) is 3.57. The van der Waals surface area contributed by atoms with Crippen LogP contribution in [-0.2, 0) is 12.6 Å². The normalized spacial score (nSPS) is 16.9. The van der Waals surface area contributed by atoms with E-state index in [1.54, 1.807) is 0 Å². The van der Waals surface area contributed by atoms with E-state index < -0.39 is 5.60 Å². The van der Waals surface area contributed by atoms with Gasteiger partial charge in [0.15, 0.2) is 5.76 Å². The van der Waals surface area contributed by atoms with E-state index in [4.69, 9.17) is 9.15 Å². The van der Waals surface area contributed by atoms with Crippen LogP contribution < -0.4 is 4.74 Å². The van der Waals surface area contributed by atoms with Crippen molar-refractivity contribution in [3.8, 4) is 17.0 Å². The maximum Gasteiger partial charge on any atom is 0.289 e. The second kappa shape index (κ2) is 6.23. The Hall–Kier alpha value is -3.54. The first-order valence-electron chi connectivity index (χ1n) is 10.2. The van der Waals surface area contributed by atoms with Crippen LogP contribution in [0.1, 0.15) is 29.0 Å². The molecule has 0 N–H and O–H groups in total. The molecule has 4 heterocycles. The summed E-state index contributed by atoms with van der Waals surface area (Å²) < 4.78 is 14.3. The zero-order valence-electron chi connectivity index (χ0n) is 16.7. The Morgan fingerprint density at radius 3 is 2.67 bits per heavy atom. The van der Waals surface area contributed by atoms with Gasteiger partial charge in [0.05, 0.1) is 11.9 Å². The summed E-state index contributed by atoms with van der Waals surface area (Å²) in [5, 5.41) is 5.46. The van der Waals surface area contributed by atoms with Crippen LogP contribution in [-0.4, -0.2) is 33.7 Å². The first kappa shape index (κ1) is 17.3. The Morgan fingerprint density at radius 2 is 1.83 bits per heavy atom. The number of para-hydroxylation sites is 2. The second-order valence-corrected chi connectivity index (χ2v) is 8.06. The standard InChI is InChI=1S/C24H21N3O3/c1-26-22-17-7-3-5-9-20(17)30-24(18(22)15-25-26)10-12-27(13-11-24)23(28)21-14-16-6-2-4-8-19(16)29-21/h2-9,14-15H,10-13H2,1H3. The van der Waals surface area contributed by atoms with Crippen molar-refractivity contribution in [3.05, 3.63) is 72.1 Å². The number of hydrogen-bond donors (Lipinski definition) is 0.